The molecule has 0 aliphatic heterocycles. The smallest absolute Gasteiger partial charge is 0.0616 e. The Hall–Kier alpha value is -5.46. The minimum Gasteiger partial charge on any atom is -0.0616 e. The van der Waals surface area contributed by atoms with Gasteiger partial charge in [0.25, 0.3) is 0 Å². The van der Waals surface area contributed by atoms with Crippen LogP contribution in [0.2, 0.25) is 0 Å². The predicted octanol–water partition coefficient (Wildman–Crippen LogP) is 11.9. The lowest BCUT2D eigenvalue weighted by molar-refractivity contribution is 1.64. The zero-order chi connectivity index (χ0) is 50.2. The van der Waals surface area contributed by atoms with Crippen LogP contribution in [-0.2, 0) is 0 Å². The van der Waals surface area contributed by atoms with Crippen molar-refractivity contribution in [2.75, 3.05) is 0 Å². The first-order chi connectivity index (χ1) is 31.7. The lowest BCUT2D eigenvalue weighted by Crippen LogP contribution is -1.87. The monoisotopic (exact) mass is 556 g/mol. The van der Waals surface area contributed by atoms with Crippen molar-refractivity contribution >= 4 is 64.6 Å². The van der Waals surface area contributed by atoms with Crippen molar-refractivity contribution < 1.29 is 35.6 Å². The van der Waals surface area contributed by atoms with E-state index in [9.17, 15) is 11.0 Å². The van der Waals surface area contributed by atoms with Crippen LogP contribution >= 0.6 is 0 Å². The van der Waals surface area contributed by atoms with Gasteiger partial charge in [-0.25, -0.2) is 0 Å². The van der Waals surface area contributed by atoms with Gasteiger partial charge in [-0.1, -0.05) is 133 Å². The SMILES string of the molecule is [2H]c1c([2H])c(-c2c3c([2H])c([2H])c([2H])c([2H])c3c([2H])c3c2c([2H])c([2H])c2c([2H])c([2H])c([2H])c([2H])c23)c([2H])c([2H])c1-c1c([2H])c([2H])c2c([2H])c3c([2H])c([2H])c4c([2H])c([2H])c([2H])c([2H])c4c3c([2H])c2c1[2H]. The molecule has 0 heterocycles. The fourth-order valence-electron chi connectivity index (χ4n) is 4.97. The Labute approximate surface area is 280 Å². The van der Waals surface area contributed by atoms with Gasteiger partial charge in [-0.15, -0.1) is 0 Å². The van der Waals surface area contributed by atoms with Gasteiger partial charge in [0, 0.05) is 0 Å². The third kappa shape index (κ3) is 3.56. The summed E-state index contributed by atoms with van der Waals surface area (Å²) >= 11 is 0. The van der Waals surface area contributed by atoms with Crippen LogP contribution in [0, 0.1) is 0 Å². The van der Waals surface area contributed by atoms with Gasteiger partial charge >= 0.3 is 0 Å². The topological polar surface area (TPSA) is 0 Å². The second kappa shape index (κ2) is 9.03. The molecule has 9 aromatic rings. The first kappa shape index (κ1) is 9.28. The van der Waals surface area contributed by atoms with E-state index < -0.39 is 244 Å². The molecule has 0 saturated carbocycles. The molecule has 0 atom stereocenters. The summed E-state index contributed by atoms with van der Waals surface area (Å²) in [6, 6.07) is -22.2. The Balaban J connectivity index is 1.49. The summed E-state index contributed by atoms with van der Waals surface area (Å²) in [5.74, 6) is 0. The van der Waals surface area contributed by atoms with Crippen LogP contribution in [0.3, 0.4) is 0 Å². The van der Waals surface area contributed by atoms with E-state index >= 15 is 0 Å². The maximum atomic E-state index is 9.46. The summed E-state index contributed by atoms with van der Waals surface area (Å²) in [6.45, 7) is 0. The molecule has 0 aromatic heterocycles. The first-order valence-corrected chi connectivity index (χ1v) is 12.5. The van der Waals surface area contributed by atoms with Crippen molar-refractivity contribution in [3.8, 4) is 22.3 Å². The molecule has 0 N–H and O–H groups in total. The van der Waals surface area contributed by atoms with Crippen LogP contribution < -0.4 is 0 Å². The summed E-state index contributed by atoms with van der Waals surface area (Å²) in [4.78, 5) is 0. The molecule has 0 spiro atoms. The molecule has 0 unspecified atom stereocenters. The third-order valence-electron chi connectivity index (χ3n) is 6.88. The number of rotatable bonds is 2. The van der Waals surface area contributed by atoms with Crippen molar-refractivity contribution in [1.82, 2.24) is 0 Å². The number of benzene rings is 9. The Morgan fingerprint density at radius 1 is 0.262 bits per heavy atom. The van der Waals surface area contributed by atoms with Crippen LogP contribution in [0.15, 0.2) is 157 Å². The molecule has 0 fully saturated rings. The van der Waals surface area contributed by atoms with E-state index in [2.05, 4.69) is 0 Å². The molecule has 0 heteroatoms. The molecule has 0 bridgehead atoms. The van der Waals surface area contributed by atoms with Crippen LogP contribution in [0.1, 0.15) is 35.6 Å². The Kier molecular flexibility index (Phi) is 1.99. The van der Waals surface area contributed by atoms with Gasteiger partial charge in [-0.3, -0.25) is 0 Å². The second-order valence-electron chi connectivity index (χ2n) is 9.25. The summed E-state index contributed by atoms with van der Waals surface area (Å²) < 4.78 is 232. The Bertz CT molecular complexity index is 3940. The molecular formula is C42H26. The molecule has 0 saturated heterocycles. The van der Waals surface area contributed by atoms with E-state index in [4.69, 9.17) is 24.7 Å². The van der Waals surface area contributed by atoms with E-state index in [1.165, 1.54) is 0 Å². The van der Waals surface area contributed by atoms with E-state index in [0.29, 0.717) is 0 Å². The largest absolute Gasteiger partial charge is 0.0636 e. The molecule has 9 aromatic carbocycles. The van der Waals surface area contributed by atoms with Crippen LogP contribution in [-0.4, -0.2) is 0 Å². The van der Waals surface area contributed by atoms with E-state index in [0.717, 1.165) is 0 Å². The molecule has 0 aliphatic rings. The highest BCUT2D eigenvalue weighted by atomic mass is 14.2. The third-order valence-corrected chi connectivity index (χ3v) is 6.88. The maximum Gasteiger partial charge on any atom is 0.0636 e. The zero-order valence-electron chi connectivity index (χ0n) is 47.0. The van der Waals surface area contributed by atoms with Crippen molar-refractivity contribution in [3.05, 3.63) is 157 Å². The first-order valence-electron chi connectivity index (χ1n) is 25.5. The maximum absolute atomic E-state index is 9.46. The van der Waals surface area contributed by atoms with E-state index in [-0.39, 0.29) is 0 Å². The number of hydrogen-bond donors (Lipinski definition) is 0. The minimum atomic E-state index is -1.05. The minimum absolute atomic E-state index is 0.451. The molecule has 0 nitrogen and oxygen atoms in total. The van der Waals surface area contributed by atoms with E-state index in [1.54, 1.807) is 0 Å². The lowest BCUT2D eigenvalue weighted by Gasteiger charge is -2.14. The quantitative estimate of drug-likeness (QED) is 0.147. The van der Waals surface area contributed by atoms with Gasteiger partial charge in [0.2, 0.25) is 0 Å². The average molecular weight is 557 g/mol. The highest BCUT2D eigenvalue weighted by Gasteiger charge is 2.13. The lowest BCUT2D eigenvalue weighted by atomic mass is 9.89. The Morgan fingerprint density at radius 2 is 0.786 bits per heavy atom. The molecule has 42 heavy (non-hydrogen) atoms. The zero-order valence-corrected chi connectivity index (χ0v) is 21.0. The van der Waals surface area contributed by atoms with Crippen molar-refractivity contribution in [3.63, 3.8) is 0 Å². The second-order valence-corrected chi connectivity index (χ2v) is 9.25. The predicted molar refractivity (Wildman–Crippen MR) is 182 cm³/mol. The summed E-state index contributed by atoms with van der Waals surface area (Å²) in [5.41, 5.74) is -3.06. The number of fused-ring (bicyclic) bond motifs is 8. The van der Waals surface area contributed by atoms with Gasteiger partial charge in [0.05, 0.1) is 35.6 Å². The van der Waals surface area contributed by atoms with Crippen LogP contribution in [0.25, 0.3) is 86.9 Å². The Morgan fingerprint density at radius 3 is 1.57 bits per heavy atom. The van der Waals surface area contributed by atoms with Crippen LogP contribution in [0.5, 0.6) is 0 Å². The van der Waals surface area contributed by atoms with Crippen molar-refractivity contribution in [1.29, 1.82) is 0 Å². The molecule has 194 valence electrons. The van der Waals surface area contributed by atoms with Gasteiger partial charge in [-0.2, -0.15) is 0 Å². The average Bonchev–Trinajstić information content (AvgIpc) is 3.30. The van der Waals surface area contributed by atoms with Gasteiger partial charge in [-0.05, 0) is 111 Å². The highest BCUT2D eigenvalue weighted by Crippen LogP contribution is 2.40. The number of hydrogen-bond acceptors (Lipinski definition) is 0. The fourth-order valence-corrected chi connectivity index (χ4v) is 4.97. The summed E-state index contributed by atoms with van der Waals surface area (Å²) in [7, 11) is 0. The molecule has 0 aliphatic carbocycles. The van der Waals surface area contributed by atoms with Crippen molar-refractivity contribution in [2.24, 2.45) is 0 Å². The van der Waals surface area contributed by atoms with Gasteiger partial charge in [0.15, 0.2) is 0 Å². The molecule has 9 rings (SSSR count). The standard InChI is InChI=1S/C42H26/c1-4-10-36-28(7-1)15-20-34-23-32-19-18-31(24-35(32)26-40(34)36)27-13-16-30(17-14-27)42-38-12-6-3-9-33(38)25-41-37-11-5-2-8-29(37)21-22-39(41)42/h1-26H/i1D,2D,3D,4D,5D,6D,7D,8D,9D,10D,11D,12D,13D,14D,15D,16D,17D,18D,19D,20D,21D,22D,23D,24D,25D,26D. The fraction of sp³-hybridized carbons (Fsp3) is 0. The van der Waals surface area contributed by atoms with Crippen LogP contribution in [0.4, 0.5) is 0 Å². The summed E-state index contributed by atoms with van der Waals surface area (Å²) in [6.07, 6.45) is 0. The summed E-state index contributed by atoms with van der Waals surface area (Å²) in [5, 5.41) is -6.50. The van der Waals surface area contributed by atoms with Gasteiger partial charge < -0.3 is 0 Å². The van der Waals surface area contributed by atoms with Crippen molar-refractivity contribution in [2.45, 2.75) is 0 Å². The highest BCUT2D eigenvalue weighted by molar-refractivity contribution is 6.20. The normalized spacial score (nSPS) is 20.5. The van der Waals surface area contributed by atoms with Gasteiger partial charge in [0.1, 0.15) is 0 Å². The van der Waals surface area contributed by atoms with E-state index in [1.807, 2.05) is 0 Å². The molecule has 0 amide bonds. The molecule has 0 radical (unpaired) electrons. The molecular weight excluding hydrogens is 504 g/mol.